The van der Waals surface area contributed by atoms with Crippen LogP contribution in [0.5, 0.6) is 5.75 Å². The van der Waals surface area contributed by atoms with Crippen molar-refractivity contribution in [3.8, 4) is 5.75 Å². The summed E-state index contributed by atoms with van der Waals surface area (Å²) in [6.45, 7) is 7.45. The minimum absolute atomic E-state index is 0.686. The molecule has 0 bridgehead atoms. The Hall–Kier alpha value is -1.02. The second-order valence-corrected chi connectivity index (χ2v) is 2.81. The van der Waals surface area contributed by atoms with Crippen LogP contribution in [0.1, 0.15) is 25.8 Å². The van der Waals surface area contributed by atoms with Crippen molar-refractivity contribution in [1.82, 2.24) is 0 Å². The summed E-state index contributed by atoms with van der Waals surface area (Å²) in [5, 5.41) is 0. The Kier molecular flexibility index (Phi) is 7.95. The van der Waals surface area contributed by atoms with E-state index in [1.807, 2.05) is 32.0 Å². The summed E-state index contributed by atoms with van der Waals surface area (Å²) in [5.74, 6) is 0.934. The highest BCUT2D eigenvalue weighted by Crippen LogP contribution is 2.11. The summed E-state index contributed by atoms with van der Waals surface area (Å²) < 4.78 is 5.45. The molecule has 2 heteroatoms. The molecule has 0 amide bonds. The average Bonchev–Trinajstić information content (AvgIpc) is 2.21. The van der Waals surface area contributed by atoms with Gasteiger partial charge < -0.3 is 10.5 Å². The molecule has 0 saturated heterocycles. The van der Waals surface area contributed by atoms with Gasteiger partial charge in [0.2, 0.25) is 0 Å². The SMILES string of the molecule is CC.Cc1cccc(OCCCN)c1. The Balaban J connectivity index is 0.000000791. The van der Waals surface area contributed by atoms with E-state index in [1.54, 1.807) is 0 Å². The van der Waals surface area contributed by atoms with Gasteiger partial charge in [-0.25, -0.2) is 0 Å². The van der Waals surface area contributed by atoms with Gasteiger partial charge in [-0.05, 0) is 37.6 Å². The van der Waals surface area contributed by atoms with Crippen LogP contribution >= 0.6 is 0 Å². The Bertz CT molecular complexity index is 236. The quantitative estimate of drug-likeness (QED) is 0.750. The van der Waals surface area contributed by atoms with Crippen molar-refractivity contribution in [2.45, 2.75) is 27.2 Å². The van der Waals surface area contributed by atoms with E-state index in [2.05, 4.69) is 13.0 Å². The molecular weight excluding hydrogens is 174 g/mol. The first kappa shape index (κ1) is 13.0. The largest absolute Gasteiger partial charge is 0.494 e. The van der Waals surface area contributed by atoms with E-state index < -0.39 is 0 Å². The summed E-state index contributed by atoms with van der Waals surface area (Å²) in [7, 11) is 0. The predicted octanol–water partition coefficient (Wildman–Crippen LogP) is 2.75. The van der Waals surface area contributed by atoms with Crippen molar-refractivity contribution >= 4 is 0 Å². The molecule has 0 radical (unpaired) electrons. The van der Waals surface area contributed by atoms with Crippen molar-refractivity contribution in [2.24, 2.45) is 5.73 Å². The third-order valence-electron chi connectivity index (χ3n) is 1.61. The fraction of sp³-hybridized carbons (Fsp3) is 0.500. The number of rotatable bonds is 4. The molecule has 1 aromatic carbocycles. The molecule has 14 heavy (non-hydrogen) atoms. The number of aryl methyl sites for hydroxylation is 1. The van der Waals surface area contributed by atoms with Crippen LogP contribution in [0.4, 0.5) is 0 Å². The number of benzene rings is 1. The fourth-order valence-electron chi connectivity index (χ4n) is 0.978. The van der Waals surface area contributed by atoms with Gasteiger partial charge in [-0.3, -0.25) is 0 Å². The number of hydrogen-bond acceptors (Lipinski definition) is 2. The van der Waals surface area contributed by atoms with Crippen LogP contribution in [0.25, 0.3) is 0 Å². The maximum atomic E-state index is 5.45. The highest BCUT2D eigenvalue weighted by atomic mass is 16.5. The Labute approximate surface area is 87.1 Å². The van der Waals surface area contributed by atoms with Gasteiger partial charge in [-0.1, -0.05) is 26.0 Å². The Morgan fingerprint density at radius 2 is 2.00 bits per heavy atom. The summed E-state index contributed by atoms with van der Waals surface area (Å²) in [6, 6.07) is 8.03. The van der Waals surface area contributed by atoms with Crippen LogP contribution in [0.15, 0.2) is 24.3 Å². The van der Waals surface area contributed by atoms with E-state index in [4.69, 9.17) is 10.5 Å². The maximum Gasteiger partial charge on any atom is 0.119 e. The molecule has 0 unspecified atom stereocenters. The molecule has 2 N–H and O–H groups in total. The molecule has 0 spiro atoms. The standard InChI is InChI=1S/C10H15NO.C2H6/c1-9-4-2-5-10(8-9)12-7-3-6-11;1-2/h2,4-5,8H,3,6-7,11H2,1H3;1-2H3. The molecule has 0 fully saturated rings. The van der Waals surface area contributed by atoms with Crippen molar-refractivity contribution in [3.05, 3.63) is 29.8 Å². The zero-order valence-corrected chi connectivity index (χ0v) is 9.42. The second-order valence-electron chi connectivity index (χ2n) is 2.81. The fourth-order valence-corrected chi connectivity index (χ4v) is 0.978. The lowest BCUT2D eigenvalue weighted by atomic mass is 10.2. The molecule has 0 aliphatic heterocycles. The van der Waals surface area contributed by atoms with Gasteiger partial charge >= 0.3 is 0 Å². The first-order valence-electron chi connectivity index (χ1n) is 5.22. The van der Waals surface area contributed by atoms with Gasteiger partial charge in [-0.2, -0.15) is 0 Å². The van der Waals surface area contributed by atoms with E-state index in [9.17, 15) is 0 Å². The van der Waals surface area contributed by atoms with Gasteiger partial charge in [0.15, 0.2) is 0 Å². The summed E-state index contributed by atoms with van der Waals surface area (Å²) in [5.41, 5.74) is 6.57. The maximum absolute atomic E-state index is 5.45. The Morgan fingerprint density at radius 1 is 1.29 bits per heavy atom. The number of hydrogen-bond donors (Lipinski definition) is 1. The van der Waals surface area contributed by atoms with Crippen molar-refractivity contribution in [3.63, 3.8) is 0 Å². The molecule has 1 rings (SSSR count). The summed E-state index contributed by atoms with van der Waals surface area (Å²) >= 11 is 0. The van der Waals surface area contributed by atoms with E-state index in [1.165, 1.54) is 5.56 Å². The molecule has 0 heterocycles. The molecule has 0 aromatic heterocycles. The molecule has 0 atom stereocenters. The molecular formula is C12H21NO. The van der Waals surface area contributed by atoms with E-state index >= 15 is 0 Å². The van der Waals surface area contributed by atoms with Crippen LogP contribution in [0.3, 0.4) is 0 Å². The van der Waals surface area contributed by atoms with Crippen LogP contribution in [-0.2, 0) is 0 Å². The normalized spacial score (nSPS) is 8.86. The zero-order valence-electron chi connectivity index (χ0n) is 9.42. The predicted molar refractivity (Wildman–Crippen MR) is 61.7 cm³/mol. The zero-order chi connectivity index (χ0) is 10.8. The van der Waals surface area contributed by atoms with Crippen molar-refractivity contribution in [2.75, 3.05) is 13.2 Å². The van der Waals surface area contributed by atoms with Crippen molar-refractivity contribution in [1.29, 1.82) is 0 Å². The molecule has 2 nitrogen and oxygen atoms in total. The lowest BCUT2D eigenvalue weighted by Crippen LogP contribution is -2.05. The van der Waals surface area contributed by atoms with E-state index in [0.29, 0.717) is 13.2 Å². The topological polar surface area (TPSA) is 35.2 Å². The first-order valence-corrected chi connectivity index (χ1v) is 5.22. The smallest absolute Gasteiger partial charge is 0.119 e. The highest BCUT2D eigenvalue weighted by molar-refractivity contribution is 5.27. The van der Waals surface area contributed by atoms with Gasteiger partial charge in [0.1, 0.15) is 5.75 Å². The van der Waals surface area contributed by atoms with Gasteiger partial charge in [-0.15, -0.1) is 0 Å². The summed E-state index contributed by atoms with van der Waals surface area (Å²) in [6.07, 6.45) is 0.911. The lowest BCUT2D eigenvalue weighted by Gasteiger charge is -2.04. The minimum Gasteiger partial charge on any atom is -0.494 e. The highest BCUT2D eigenvalue weighted by Gasteiger charge is 1.91. The van der Waals surface area contributed by atoms with Gasteiger partial charge in [0, 0.05) is 0 Å². The third kappa shape index (κ3) is 5.60. The van der Waals surface area contributed by atoms with Gasteiger partial charge in [0.25, 0.3) is 0 Å². The van der Waals surface area contributed by atoms with Crippen LogP contribution in [0.2, 0.25) is 0 Å². The van der Waals surface area contributed by atoms with Crippen molar-refractivity contribution < 1.29 is 4.74 Å². The number of ether oxygens (including phenoxy) is 1. The minimum atomic E-state index is 0.686. The second kappa shape index (κ2) is 8.57. The lowest BCUT2D eigenvalue weighted by molar-refractivity contribution is 0.313. The van der Waals surface area contributed by atoms with Gasteiger partial charge in [0.05, 0.1) is 6.61 Å². The average molecular weight is 195 g/mol. The third-order valence-corrected chi connectivity index (χ3v) is 1.61. The molecule has 0 aliphatic carbocycles. The van der Waals surface area contributed by atoms with Crippen LogP contribution < -0.4 is 10.5 Å². The molecule has 80 valence electrons. The van der Waals surface area contributed by atoms with E-state index in [-0.39, 0.29) is 0 Å². The molecule has 0 aliphatic rings. The van der Waals surface area contributed by atoms with Crippen LogP contribution in [-0.4, -0.2) is 13.2 Å². The monoisotopic (exact) mass is 195 g/mol. The van der Waals surface area contributed by atoms with Crippen LogP contribution in [0, 0.1) is 6.92 Å². The van der Waals surface area contributed by atoms with E-state index in [0.717, 1.165) is 12.2 Å². The number of nitrogens with two attached hydrogens (primary N) is 1. The molecule has 0 saturated carbocycles. The Morgan fingerprint density at radius 3 is 2.57 bits per heavy atom. The molecule has 1 aromatic rings. The first-order chi connectivity index (χ1) is 6.83. The summed E-state index contributed by atoms with van der Waals surface area (Å²) in [4.78, 5) is 0.